The van der Waals surface area contributed by atoms with Crippen LogP contribution in [0.4, 0.5) is 0 Å². The van der Waals surface area contributed by atoms with Crippen molar-refractivity contribution in [3.8, 4) is 0 Å². The average Bonchev–Trinajstić information content (AvgIpc) is 2.87. The third kappa shape index (κ3) is 3.33. The first-order chi connectivity index (χ1) is 9.82. The summed E-state index contributed by atoms with van der Waals surface area (Å²) in [6, 6.07) is 9.54. The van der Waals surface area contributed by atoms with E-state index in [9.17, 15) is 8.42 Å². The highest BCUT2D eigenvalue weighted by Crippen LogP contribution is 2.18. The Morgan fingerprint density at radius 2 is 1.86 bits per heavy atom. The van der Waals surface area contributed by atoms with E-state index in [0.717, 1.165) is 5.56 Å². The van der Waals surface area contributed by atoms with Crippen LogP contribution in [0.2, 0.25) is 0 Å². The molecule has 0 amide bonds. The average molecular weight is 307 g/mol. The minimum atomic E-state index is -3.52. The first kappa shape index (κ1) is 15.7. The van der Waals surface area contributed by atoms with Gasteiger partial charge in [-0.3, -0.25) is 4.68 Å². The Bertz CT molecular complexity index is 705. The van der Waals surface area contributed by atoms with Crippen LogP contribution in [-0.4, -0.2) is 35.6 Å². The molecule has 114 valence electrons. The van der Waals surface area contributed by atoms with Gasteiger partial charge in [0.2, 0.25) is 0 Å². The van der Waals surface area contributed by atoms with Crippen molar-refractivity contribution < 1.29 is 8.42 Å². The maximum atomic E-state index is 12.6. The van der Waals surface area contributed by atoms with Crippen LogP contribution < -0.4 is 0 Å². The molecule has 0 fully saturated rings. The molecule has 0 aliphatic carbocycles. The zero-order valence-electron chi connectivity index (χ0n) is 12.8. The van der Waals surface area contributed by atoms with Crippen molar-refractivity contribution in [2.45, 2.75) is 31.3 Å². The first-order valence-corrected chi connectivity index (χ1v) is 8.28. The van der Waals surface area contributed by atoms with E-state index < -0.39 is 10.0 Å². The highest BCUT2D eigenvalue weighted by molar-refractivity contribution is 7.89. The van der Waals surface area contributed by atoms with Gasteiger partial charge in [0.25, 0.3) is 10.0 Å². The number of aryl methyl sites for hydroxylation is 2. The zero-order valence-corrected chi connectivity index (χ0v) is 13.6. The summed E-state index contributed by atoms with van der Waals surface area (Å²) in [6.45, 7) is 3.94. The summed E-state index contributed by atoms with van der Waals surface area (Å²) >= 11 is 0. The van der Waals surface area contributed by atoms with Gasteiger partial charge in [0, 0.05) is 20.1 Å². The van der Waals surface area contributed by atoms with Crippen LogP contribution >= 0.6 is 0 Å². The lowest BCUT2D eigenvalue weighted by molar-refractivity contribution is 0.382. The smallest absolute Gasteiger partial charge is 0.256 e. The predicted octanol–water partition coefficient (Wildman–Crippen LogP) is 1.98. The van der Waals surface area contributed by atoms with Gasteiger partial charge < -0.3 is 0 Å². The largest absolute Gasteiger partial charge is 0.260 e. The van der Waals surface area contributed by atoms with E-state index in [1.54, 1.807) is 14.1 Å². The van der Waals surface area contributed by atoms with Gasteiger partial charge in [-0.25, -0.2) is 8.42 Å². The fraction of sp³-hybridized carbons (Fsp3) is 0.400. The number of likely N-dealkylation sites (N-methyl/N-ethyl adjacent to an activating group) is 1. The minimum Gasteiger partial charge on any atom is -0.256 e. The molecule has 0 saturated heterocycles. The van der Waals surface area contributed by atoms with Crippen LogP contribution in [0.25, 0.3) is 0 Å². The molecule has 0 aliphatic heterocycles. The van der Waals surface area contributed by atoms with Crippen LogP contribution in [0.3, 0.4) is 0 Å². The van der Waals surface area contributed by atoms with Crippen molar-refractivity contribution in [3.63, 3.8) is 0 Å². The normalized spacial score (nSPS) is 13.6. The van der Waals surface area contributed by atoms with Crippen molar-refractivity contribution in [2.24, 2.45) is 7.05 Å². The van der Waals surface area contributed by atoms with E-state index in [2.05, 4.69) is 5.10 Å². The highest BCUT2D eigenvalue weighted by atomic mass is 32.2. The summed E-state index contributed by atoms with van der Waals surface area (Å²) in [5.41, 5.74) is 2.32. The third-order valence-electron chi connectivity index (χ3n) is 3.69. The summed E-state index contributed by atoms with van der Waals surface area (Å²) in [6.07, 6.45) is 2.17. The topological polar surface area (TPSA) is 55.2 Å². The molecule has 1 aromatic heterocycles. The molecule has 0 radical (unpaired) electrons. The molecule has 1 atom stereocenters. The second kappa shape index (κ2) is 5.99. The van der Waals surface area contributed by atoms with Gasteiger partial charge >= 0.3 is 0 Å². The lowest BCUT2D eigenvalue weighted by atomic mass is 10.1. The van der Waals surface area contributed by atoms with Crippen molar-refractivity contribution in [1.29, 1.82) is 0 Å². The molecule has 0 bridgehead atoms. The fourth-order valence-corrected chi connectivity index (χ4v) is 3.65. The van der Waals surface area contributed by atoms with Crippen LogP contribution in [-0.2, 0) is 23.5 Å². The fourth-order valence-electron chi connectivity index (χ4n) is 2.19. The van der Waals surface area contributed by atoms with E-state index in [1.165, 1.54) is 26.8 Å². The standard InChI is InChI=1S/C15H21N3O2S/c1-12-5-7-14(8-6-12)11-13(2)18(4)21(19,20)15-9-10-16-17(15)3/h5-10,13H,11H2,1-4H3. The molecule has 6 heteroatoms. The van der Waals surface area contributed by atoms with Gasteiger partial charge in [-0.2, -0.15) is 9.40 Å². The van der Waals surface area contributed by atoms with Crippen molar-refractivity contribution in [1.82, 2.24) is 14.1 Å². The summed E-state index contributed by atoms with van der Waals surface area (Å²) in [4.78, 5) is 0. The van der Waals surface area contributed by atoms with Crippen LogP contribution in [0, 0.1) is 6.92 Å². The van der Waals surface area contributed by atoms with Gasteiger partial charge in [0.15, 0.2) is 5.03 Å². The third-order valence-corrected chi connectivity index (χ3v) is 5.74. The number of benzene rings is 1. The van der Waals surface area contributed by atoms with E-state index in [-0.39, 0.29) is 11.1 Å². The van der Waals surface area contributed by atoms with E-state index in [1.807, 2.05) is 38.1 Å². The van der Waals surface area contributed by atoms with Gasteiger partial charge in [-0.05, 0) is 31.9 Å². The summed E-state index contributed by atoms with van der Waals surface area (Å²) in [5.74, 6) is 0. The monoisotopic (exact) mass is 307 g/mol. The number of sulfonamides is 1. The van der Waals surface area contributed by atoms with Crippen LogP contribution in [0.5, 0.6) is 0 Å². The molecule has 5 nitrogen and oxygen atoms in total. The Morgan fingerprint density at radius 1 is 1.24 bits per heavy atom. The predicted molar refractivity (Wildman–Crippen MR) is 82.5 cm³/mol. The second-order valence-electron chi connectivity index (χ2n) is 5.35. The second-order valence-corrected chi connectivity index (χ2v) is 7.30. The van der Waals surface area contributed by atoms with Gasteiger partial charge in [-0.15, -0.1) is 0 Å². The van der Waals surface area contributed by atoms with E-state index in [4.69, 9.17) is 0 Å². The summed E-state index contributed by atoms with van der Waals surface area (Å²) in [5, 5.41) is 4.14. The summed E-state index contributed by atoms with van der Waals surface area (Å²) < 4.78 is 27.9. The molecule has 0 aliphatic rings. The van der Waals surface area contributed by atoms with E-state index in [0.29, 0.717) is 6.42 Å². The molecule has 21 heavy (non-hydrogen) atoms. The number of nitrogens with zero attached hydrogens (tertiary/aromatic N) is 3. The number of hydrogen-bond acceptors (Lipinski definition) is 3. The highest BCUT2D eigenvalue weighted by Gasteiger charge is 2.27. The van der Waals surface area contributed by atoms with Crippen LogP contribution in [0.15, 0.2) is 41.6 Å². The summed E-state index contributed by atoms with van der Waals surface area (Å²) in [7, 11) is -0.277. The van der Waals surface area contributed by atoms with Gasteiger partial charge in [0.05, 0.1) is 6.20 Å². The van der Waals surface area contributed by atoms with Crippen molar-refractivity contribution in [3.05, 3.63) is 47.7 Å². The zero-order chi connectivity index (χ0) is 15.6. The molecular weight excluding hydrogens is 286 g/mol. The lowest BCUT2D eigenvalue weighted by Gasteiger charge is -2.24. The lowest BCUT2D eigenvalue weighted by Crippen LogP contribution is -2.37. The first-order valence-electron chi connectivity index (χ1n) is 6.84. The SMILES string of the molecule is Cc1ccc(CC(C)N(C)S(=O)(=O)c2ccnn2C)cc1. The van der Waals surface area contributed by atoms with E-state index >= 15 is 0 Å². The Balaban J connectivity index is 2.17. The molecule has 0 spiro atoms. The Hall–Kier alpha value is -1.66. The number of hydrogen-bond donors (Lipinski definition) is 0. The molecule has 2 rings (SSSR count). The Labute approximate surface area is 126 Å². The molecule has 0 N–H and O–H groups in total. The maximum absolute atomic E-state index is 12.6. The van der Waals surface area contributed by atoms with Crippen molar-refractivity contribution in [2.75, 3.05) is 7.05 Å². The van der Waals surface area contributed by atoms with Crippen molar-refractivity contribution >= 4 is 10.0 Å². The molecule has 1 aromatic carbocycles. The van der Waals surface area contributed by atoms with Gasteiger partial charge in [0.1, 0.15) is 0 Å². The molecular formula is C15H21N3O2S. The number of rotatable bonds is 5. The van der Waals surface area contributed by atoms with Gasteiger partial charge in [-0.1, -0.05) is 29.8 Å². The molecule has 1 heterocycles. The minimum absolute atomic E-state index is 0.132. The Morgan fingerprint density at radius 3 is 2.38 bits per heavy atom. The maximum Gasteiger partial charge on any atom is 0.260 e. The molecule has 2 aromatic rings. The number of aromatic nitrogens is 2. The molecule has 1 unspecified atom stereocenters. The molecule has 0 saturated carbocycles. The quantitative estimate of drug-likeness (QED) is 0.849. The Kier molecular flexibility index (Phi) is 4.49. The van der Waals surface area contributed by atoms with Crippen LogP contribution in [0.1, 0.15) is 18.1 Å².